The average Bonchev–Trinajstić information content (AvgIpc) is 3.51. The van der Waals surface area contributed by atoms with Crippen LogP contribution < -0.4 is 14.9 Å². The number of carbonyl (C=O) groups is 2. The van der Waals surface area contributed by atoms with Crippen LogP contribution >= 0.6 is 23.1 Å². The molecule has 10 heteroatoms. The minimum atomic E-state index is -1.01. The van der Waals surface area contributed by atoms with Gasteiger partial charge in [-0.2, -0.15) is 0 Å². The summed E-state index contributed by atoms with van der Waals surface area (Å²) in [7, 11) is 0. The van der Waals surface area contributed by atoms with Gasteiger partial charge in [0.15, 0.2) is 4.80 Å². The predicted molar refractivity (Wildman–Crippen MR) is 159 cm³/mol. The molecule has 4 aromatic rings. The summed E-state index contributed by atoms with van der Waals surface area (Å²) in [5, 5.41) is 9.48. The zero-order valence-corrected chi connectivity index (χ0v) is 24.8. The summed E-state index contributed by atoms with van der Waals surface area (Å²) in [6.45, 7) is 7.04. The van der Waals surface area contributed by atoms with Crippen molar-refractivity contribution in [2.24, 2.45) is 4.99 Å². The SMILES string of the molecule is CSc1ccc(C2C(C(=O)OC(C)C)=C(C)N=c3s/c(=C/c4ccc(-c5cccc(C(=O)O)c5C)o4)c(=O)n32)cc1. The van der Waals surface area contributed by atoms with E-state index in [0.29, 0.717) is 43.3 Å². The molecule has 0 saturated heterocycles. The molecule has 8 nitrogen and oxygen atoms in total. The fourth-order valence-electron chi connectivity index (χ4n) is 4.80. The molecule has 0 amide bonds. The van der Waals surface area contributed by atoms with Gasteiger partial charge in [0, 0.05) is 16.5 Å². The number of thiazole rings is 1. The van der Waals surface area contributed by atoms with Gasteiger partial charge in [-0.15, -0.1) is 11.8 Å². The van der Waals surface area contributed by atoms with Crippen molar-refractivity contribution in [1.29, 1.82) is 0 Å². The third kappa shape index (κ3) is 5.45. The van der Waals surface area contributed by atoms with Crippen LogP contribution in [0.5, 0.6) is 0 Å². The van der Waals surface area contributed by atoms with Crippen LogP contribution in [0.1, 0.15) is 54.1 Å². The third-order valence-electron chi connectivity index (χ3n) is 6.75. The van der Waals surface area contributed by atoms with E-state index in [1.165, 1.54) is 11.3 Å². The molecule has 5 rings (SSSR count). The molecule has 1 atom stereocenters. The number of benzene rings is 2. The summed E-state index contributed by atoms with van der Waals surface area (Å²) in [6, 6.07) is 15.5. The second kappa shape index (κ2) is 11.4. The molecule has 1 aliphatic rings. The summed E-state index contributed by atoms with van der Waals surface area (Å²) in [4.78, 5) is 44.9. The maximum Gasteiger partial charge on any atom is 0.338 e. The molecule has 41 heavy (non-hydrogen) atoms. The van der Waals surface area contributed by atoms with E-state index >= 15 is 0 Å². The molecule has 1 aliphatic heterocycles. The summed E-state index contributed by atoms with van der Waals surface area (Å²) in [5.41, 5.74) is 2.72. The molecule has 2 aromatic carbocycles. The number of esters is 1. The topological polar surface area (TPSA) is 111 Å². The Morgan fingerprint density at radius 1 is 1.12 bits per heavy atom. The first-order valence-corrected chi connectivity index (χ1v) is 14.9. The number of thioether (sulfide) groups is 1. The number of carbonyl (C=O) groups excluding carboxylic acids is 1. The zero-order chi connectivity index (χ0) is 29.4. The highest BCUT2D eigenvalue weighted by molar-refractivity contribution is 7.98. The van der Waals surface area contributed by atoms with Gasteiger partial charge >= 0.3 is 11.9 Å². The van der Waals surface area contributed by atoms with Gasteiger partial charge in [0.25, 0.3) is 5.56 Å². The number of hydrogen-bond acceptors (Lipinski definition) is 8. The number of carboxylic acid groups (broad SMARTS) is 1. The summed E-state index contributed by atoms with van der Waals surface area (Å²) in [5.74, 6) is -0.599. The molecule has 3 heterocycles. The third-order valence-corrected chi connectivity index (χ3v) is 8.47. The number of allylic oxidation sites excluding steroid dienone is 1. The Morgan fingerprint density at radius 3 is 2.51 bits per heavy atom. The van der Waals surface area contributed by atoms with Crippen molar-refractivity contribution in [2.45, 2.75) is 44.7 Å². The van der Waals surface area contributed by atoms with Crippen LogP contribution in [-0.2, 0) is 9.53 Å². The second-order valence-corrected chi connectivity index (χ2v) is 11.7. The van der Waals surface area contributed by atoms with Crippen molar-refractivity contribution in [3.8, 4) is 11.3 Å². The Morgan fingerprint density at radius 2 is 1.85 bits per heavy atom. The Hall–Kier alpha value is -4.15. The molecule has 1 unspecified atom stereocenters. The maximum absolute atomic E-state index is 13.9. The van der Waals surface area contributed by atoms with Crippen molar-refractivity contribution in [2.75, 3.05) is 6.26 Å². The number of aromatic carboxylic acids is 1. The average molecular weight is 589 g/mol. The van der Waals surface area contributed by atoms with Crippen molar-refractivity contribution < 1.29 is 23.8 Å². The number of fused-ring (bicyclic) bond motifs is 1. The van der Waals surface area contributed by atoms with Gasteiger partial charge in [-0.3, -0.25) is 9.36 Å². The zero-order valence-electron chi connectivity index (χ0n) is 23.1. The summed E-state index contributed by atoms with van der Waals surface area (Å²) < 4.78 is 13.5. The van der Waals surface area contributed by atoms with Gasteiger partial charge in [-0.1, -0.05) is 35.6 Å². The van der Waals surface area contributed by atoms with Gasteiger partial charge in [-0.05, 0) is 75.4 Å². The maximum atomic E-state index is 13.9. The lowest BCUT2D eigenvalue weighted by molar-refractivity contribution is -0.143. The molecule has 0 spiro atoms. The summed E-state index contributed by atoms with van der Waals surface area (Å²) >= 11 is 2.81. The molecule has 1 N–H and O–H groups in total. The van der Waals surface area contributed by atoms with E-state index in [1.54, 1.807) is 80.4 Å². The lowest BCUT2D eigenvalue weighted by Gasteiger charge is -2.25. The number of furan rings is 1. The standard InChI is InChI=1S/C31H28N2O6S2/c1-16(2)38-30(37)26-18(4)32-31-33(27(26)19-9-12-21(40-5)13-10-19)28(34)25(41-31)15-20-11-14-24(39-20)22-7-6-8-23(17(22)3)29(35)36/h6-16,27H,1-5H3,(H,35,36)/b25-15+. The number of rotatable bonds is 7. The van der Waals surface area contributed by atoms with Crippen molar-refractivity contribution in [1.82, 2.24) is 4.57 Å². The smallest absolute Gasteiger partial charge is 0.338 e. The van der Waals surface area contributed by atoms with E-state index < -0.39 is 18.0 Å². The fraction of sp³-hybridized carbons (Fsp3) is 0.226. The molecule has 0 saturated carbocycles. The number of aromatic nitrogens is 1. The molecule has 0 bridgehead atoms. The molecule has 2 aromatic heterocycles. The predicted octanol–water partition coefficient (Wildman–Crippen LogP) is 5.18. The number of nitrogens with zero attached hydrogens (tertiary/aromatic N) is 2. The number of carboxylic acids is 1. The Labute approximate surface area is 244 Å². The second-order valence-electron chi connectivity index (χ2n) is 9.79. The van der Waals surface area contributed by atoms with Crippen LogP contribution in [0.25, 0.3) is 17.4 Å². The van der Waals surface area contributed by atoms with Crippen molar-refractivity contribution in [3.63, 3.8) is 0 Å². The first-order chi connectivity index (χ1) is 19.6. The Kier molecular flexibility index (Phi) is 7.88. The minimum absolute atomic E-state index is 0.196. The Balaban J connectivity index is 1.62. The molecule has 0 aliphatic carbocycles. The van der Waals surface area contributed by atoms with E-state index in [9.17, 15) is 19.5 Å². The monoisotopic (exact) mass is 588 g/mol. The summed E-state index contributed by atoms with van der Waals surface area (Å²) in [6.07, 6.45) is 3.29. The first kappa shape index (κ1) is 28.4. The van der Waals surface area contributed by atoms with Crippen LogP contribution in [0.4, 0.5) is 0 Å². The van der Waals surface area contributed by atoms with Crippen molar-refractivity contribution in [3.05, 3.63) is 108 Å². The van der Waals surface area contributed by atoms with Crippen LogP contribution in [0, 0.1) is 6.92 Å². The van der Waals surface area contributed by atoms with Crippen LogP contribution in [0.2, 0.25) is 0 Å². The number of ether oxygens (including phenoxy) is 1. The van der Waals surface area contributed by atoms with E-state index in [2.05, 4.69) is 4.99 Å². The highest BCUT2D eigenvalue weighted by atomic mass is 32.2. The van der Waals surface area contributed by atoms with Gasteiger partial charge in [-0.25, -0.2) is 14.6 Å². The lowest BCUT2D eigenvalue weighted by atomic mass is 9.96. The quantitative estimate of drug-likeness (QED) is 0.234. The fourth-order valence-corrected chi connectivity index (χ4v) is 6.24. The highest BCUT2D eigenvalue weighted by Gasteiger charge is 2.33. The van der Waals surface area contributed by atoms with Gasteiger partial charge < -0.3 is 14.3 Å². The largest absolute Gasteiger partial charge is 0.478 e. The molecular weight excluding hydrogens is 560 g/mol. The van der Waals surface area contributed by atoms with E-state index in [4.69, 9.17) is 9.15 Å². The lowest BCUT2D eigenvalue weighted by Crippen LogP contribution is -2.40. The van der Waals surface area contributed by atoms with E-state index in [1.807, 2.05) is 30.5 Å². The minimum Gasteiger partial charge on any atom is -0.478 e. The van der Waals surface area contributed by atoms with Crippen LogP contribution in [0.3, 0.4) is 0 Å². The molecular formula is C31H28N2O6S2. The van der Waals surface area contributed by atoms with Gasteiger partial charge in [0.1, 0.15) is 11.5 Å². The first-order valence-electron chi connectivity index (χ1n) is 12.9. The molecule has 210 valence electrons. The number of hydrogen-bond donors (Lipinski definition) is 1. The highest BCUT2D eigenvalue weighted by Crippen LogP contribution is 2.32. The molecule has 0 radical (unpaired) electrons. The normalized spacial score (nSPS) is 15.2. The van der Waals surface area contributed by atoms with Crippen LogP contribution in [-0.4, -0.2) is 34.0 Å². The van der Waals surface area contributed by atoms with E-state index in [0.717, 1.165) is 10.5 Å². The Bertz CT molecular complexity index is 1880. The van der Waals surface area contributed by atoms with Crippen LogP contribution in [0.15, 0.2) is 85.0 Å². The van der Waals surface area contributed by atoms with Crippen molar-refractivity contribution >= 4 is 41.1 Å². The van der Waals surface area contributed by atoms with Gasteiger partial charge in [0.2, 0.25) is 0 Å². The van der Waals surface area contributed by atoms with Gasteiger partial charge in [0.05, 0.1) is 33.5 Å². The molecule has 0 fully saturated rings. The van der Waals surface area contributed by atoms with E-state index in [-0.39, 0.29) is 17.2 Å².